The van der Waals surface area contributed by atoms with Crippen LogP contribution in [-0.2, 0) is 16.0 Å². The fourth-order valence-electron chi connectivity index (χ4n) is 2.53. The summed E-state index contributed by atoms with van der Waals surface area (Å²) in [4.78, 5) is 23.9. The molecule has 5 heteroatoms. The van der Waals surface area contributed by atoms with Crippen LogP contribution >= 0.6 is 0 Å². The van der Waals surface area contributed by atoms with Crippen LogP contribution < -0.4 is 10.6 Å². The monoisotopic (exact) mass is 349 g/mol. The molecule has 0 aromatic heterocycles. The van der Waals surface area contributed by atoms with Crippen molar-refractivity contribution in [2.75, 3.05) is 5.32 Å². The number of nitrogens with one attached hydrogen (secondary N) is 2. The molecule has 134 valence electrons. The van der Waals surface area contributed by atoms with Gasteiger partial charge in [-0.15, -0.1) is 0 Å². The van der Waals surface area contributed by atoms with Crippen molar-refractivity contribution < 1.29 is 9.59 Å². The van der Waals surface area contributed by atoms with E-state index in [-0.39, 0.29) is 30.7 Å². The number of carbonyl (C=O) groups excluding carboxylic acids is 2. The average molecular weight is 349 g/mol. The van der Waals surface area contributed by atoms with Crippen molar-refractivity contribution in [3.05, 3.63) is 65.7 Å². The highest BCUT2D eigenvalue weighted by molar-refractivity contribution is 5.93. The van der Waals surface area contributed by atoms with E-state index in [1.807, 2.05) is 31.2 Å². The molecular weight excluding hydrogens is 326 g/mol. The normalized spacial score (nSPS) is 11.2. The summed E-state index contributed by atoms with van der Waals surface area (Å²) in [7, 11) is 0. The van der Waals surface area contributed by atoms with Crippen molar-refractivity contribution in [1.29, 1.82) is 5.26 Å². The number of nitriles is 1. The molecule has 2 rings (SSSR count). The summed E-state index contributed by atoms with van der Waals surface area (Å²) < 4.78 is 0. The third-order valence-corrected chi connectivity index (χ3v) is 3.99. The first kappa shape index (κ1) is 19.2. The fourth-order valence-corrected chi connectivity index (χ4v) is 2.53. The number of nitrogens with zero attached hydrogens (tertiary/aromatic N) is 1. The molecule has 2 aromatic rings. The number of rotatable bonds is 8. The van der Waals surface area contributed by atoms with Gasteiger partial charge in [0.05, 0.1) is 11.6 Å². The predicted octanol–water partition coefficient (Wildman–Crippen LogP) is 3.41. The van der Waals surface area contributed by atoms with E-state index in [4.69, 9.17) is 5.26 Å². The Morgan fingerprint density at radius 1 is 1.00 bits per heavy atom. The van der Waals surface area contributed by atoms with Gasteiger partial charge in [0.2, 0.25) is 11.8 Å². The molecule has 0 spiro atoms. The lowest BCUT2D eigenvalue weighted by molar-refractivity contribution is -0.124. The van der Waals surface area contributed by atoms with Crippen LogP contribution in [0, 0.1) is 11.3 Å². The second-order valence-corrected chi connectivity index (χ2v) is 6.23. The molecule has 0 radical (unpaired) electrons. The van der Waals surface area contributed by atoms with Crippen molar-refractivity contribution in [3.8, 4) is 6.07 Å². The third-order valence-electron chi connectivity index (χ3n) is 3.99. The number of aryl methyl sites for hydroxylation is 1. The quantitative estimate of drug-likeness (QED) is 0.766. The van der Waals surface area contributed by atoms with Crippen LogP contribution in [0.15, 0.2) is 54.6 Å². The summed E-state index contributed by atoms with van der Waals surface area (Å²) in [6, 6.07) is 18.8. The zero-order valence-electron chi connectivity index (χ0n) is 14.9. The van der Waals surface area contributed by atoms with Crippen molar-refractivity contribution in [2.45, 2.75) is 38.6 Å². The Kier molecular flexibility index (Phi) is 7.38. The molecule has 2 amide bonds. The minimum atomic E-state index is -0.221. The van der Waals surface area contributed by atoms with Gasteiger partial charge in [0.25, 0.3) is 0 Å². The maximum absolute atomic E-state index is 12.0. The van der Waals surface area contributed by atoms with Crippen molar-refractivity contribution in [2.24, 2.45) is 0 Å². The Morgan fingerprint density at radius 2 is 1.65 bits per heavy atom. The summed E-state index contributed by atoms with van der Waals surface area (Å²) in [6.07, 6.45) is 2.03. The highest BCUT2D eigenvalue weighted by Crippen LogP contribution is 2.10. The third kappa shape index (κ3) is 6.78. The molecule has 0 saturated heterocycles. The summed E-state index contributed by atoms with van der Waals surface area (Å²) >= 11 is 0. The Hall–Kier alpha value is -3.13. The molecule has 0 aliphatic rings. The van der Waals surface area contributed by atoms with Gasteiger partial charge < -0.3 is 10.6 Å². The zero-order valence-corrected chi connectivity index (χ0v) is 14.9. The first-order valence-electron chi connectivity index (χ1n) is 8.70. The van der Waals surface area contributed by atoms with Crippen LogP contribution in [0.25, 0.3) is 0 Å². The molecule has 26 heavy (non-hydrogen) atoms. The molecule has 5 nitrogen and oxygen atoms in total. The first-order chi connectivity index (χ1) is 12.6. The smallest absolute Gasteiger partial charge is 0.224 e. The molecule has 2 aromatic carbocycles. The molecular formula is C21H23N3O2. The summed E-state index contributed by atoms with van der Waals surface area (Å²) in [5, 5.41) is 14.4. The van der Waals surface area contributed by atoms with Crippen molar-refractivity contribution in [3.63, 3.8) is 0 Å². The lowest BCUT2D eigenvalue weighted by Crippen LogP contribution is -2.33. The van der Waals surface area contributed by atoms with Crippen molar-refractivity contribution >= 4 is 17.5 Å². The Morgan fingerprint density at radius 3 is 2.31 bits per heavy atom. The topological polar surface area (TPSA) is 82.0 Å². The van der Waals surface area contributed by atoms with E-state index in [9.17, 15) is 9.59 Å². The molecule has 0 aliphatic heterocycles. The molecule has 0 unspecified atom stereocenters. The highest BCUT2D eigenvalue weighted by atomic mass is 16.2. The van der Waals surface area contributed by atoms with Crippen LogP contribution in [0.5, 0.6) is 0 Å². The van der Waals surface area contributed by atoms with Gasteiger partial charge in [0.15, 0.2) is 0 Å². The van der Waals surface area contributed by atoms with Gasteiger partial charge in [-0.2, -0.15) is 5.26 Å². The summed E-state index contributed by atoms with van der Waals surface area (Å²) in [5.41, 5.74) is 2.40. The minimum Gasteiger partial charge on any atom is -0.354 e. The molecule has 0 heterocycles. The van der Waals surface area contributed by atoms with Gasteiger partial charge in [-0.05, 0) is 49.6 Å². The minimum absolute atomic E-state index is 0.0595. The van der Waals surface area contributed by atoms with Gasteiger partial charge in [-0.1, -0.05) is 30.3 Å². The van der Waals surface area contributed by atoms with E-state index in [0.717, 1.165) is 12.8 Å². The largest absolute Gasteiger partial charge is 0.354 e. The molecule has 0 aliphatic carbocycles. The standard InChI is InChI=1S/C21H23N3O2/c1-16(7-8-17-5-3-2-4-6-17)23-20(25)13-14-21(26)24-19-11-9-18(15-22)10-12-19/h2-6,9-12,16H,7-8,13-14H2,1H3,(H,23,25)(H,24,26)/t16-/m0/s1. The van der Waals surface area contributed by atoms with Gasteiger partial charge in [-0.3, -0.25) is 9.59 Å². The van der Waals surface area contributed by atoms with E-state index in [0.29, 0.717) is 11.3 Å². The van der Waals surface area contributed by atoms with E-state index >= 15 is 0 Å². The Bertz CT molecular complexity index is 764. The number of hydrogen-bond acceptors (Lipinski definition) is 3. The second kappa shape index (κ2) is 10.00. The number of anilines is 1. The molecule has 1 atom stereocenters. The van der Waals surface area contributed by atoms with Gasteiger partial charge in [0.1, 0.15) is 0 Å². The van der Waals surface area contributed by atoms with E-state index in [1.165, 1.54) is 5.56 Å². The second-order valence-electron chi connectivity index (χ2n) is 6.23. The number of hydrogen-bond donors (Lipinski definition) is 2. The van der Waals surface area contributed by atoms with Gasteiger partial charge >= 0.3 is 0 Å². The highest BCUT2D eigenvalue weighted by Gasteiger charge is 2.10. The summed E-state index contributed by atoms with van der Waals surface area (Å²) in [6.45, 7) is 1.97. The number of benzene rings is 2. The molecule has 2 N–H and O–H groups in total. The zero-order chi connectivity index (χ0) is 18.8. The van der Waals surface area contributed by atoms with E-state index in [2.05, 4.69) is 22.8 Å². The van der Waals surface area contributed by atoms with E-state index < -0.39 is 0 Å². The number of amides is 2. The van der Waals surface area contributed by atoms with Crippen molar-refractivity contribution in [1.82, 2.24) is 5.32 Å². The van der Waals surface area contributed by atoms with Gasteiger partial charge in [0, 0.05) is 24.6 Å². The molecule has 0 saturated carbocycles. The number of carbonyl (C=O) groups is 2. The van der Waals surface area contributed by atoms with Crippen LogP contribution in [0.4, 0.5) is 5.69 Å². The molecule has 0 fully saturated rings. The average Bonchev–Trinajstić information content (AvgIpc) is 2.66. The maximum atomic E-state index is 12.0. The maximum Gasteiger partial charge on any atom is 0.224 e. The summed E-state index contributed by atoms with van der Waals surface area (Å²) in [5.74, 6) is -0.345. The van der Waals surface area contributed by atoms with Crippen LogP contribution in [0.1, 0.15) is 37.3 Å². The van der Waals surface area contributed by atoms with Crippen LogP contribution in [-0.4, -0.2) is 17.9 Å². The van der Waals surface area contributed by atoms with E-state index in [1.54, 1.807) is 24.3 Å². The van der Waals surface area contributed by atoms with Crippen LogP contribution in [0.3, 0.4) is 0 Å². The Labute approximate surface area is 154 Å². The lowest BCUT2D eigenvalue weighted by Gasteiger charge is -2.14. The fraction of sp³-hybridized carbons (Fsp3) is 0.286. The molecule has 0 bridgehead atoms. The SMILES string of the molecule is C[C@@H](CCc1ccccc1)NC(=O)CCC(=O)Nc1ccc(C#N)cc1. The van der Waals surface area contributed by atoms with Gasteiger partial charge in [-0.25, -0.2) is 0 Å². The Balaban J connectivity index is 1.67. The first-order valence-corrected chi connectivity index (χ1v) is 8.70. The predicted molar refractivity (Wildman–Crippen MR) is 101 cm³/mol. The van der Waals surface area contributed by atoms with Crippen LogP contribution in [0.2, 0.25) is 0 Å². The lowest BCUT2D eigenvalue weighted by atomic mass is 10.1.